The van der Waals surface area contributed by atoms with E-state index >= 15 is 0 Å². The van der Waals surface area contributed by atoms with Crippen molar-refractivity contribution in [2.75, 3.05) is 14.2 Å². The predicted octanol–water partition coefficient (Wildman–Crippen LogP) is 3.95. The van der Waals surface area contributed by atoms with Crippen molar-refractivity contribution < 1.29 is 9.47 Å². The molecule has 2 nitrogen and oxygen atoms in total. The minimum absolute atomic E-state index is 0.000180. The van der Waals surface area contributed by atoms with E-state index in [1.54, 1.807) is 14.2 Å². The minimum atomic E-state index is -0.000180. The highest BCUT2D eigenvalue weighted by atomic mass is 35.5. The van der Waals surface area contributed by atoms with Crippen molar-refractivity contribution in [1.82, 2.24) is 0 Å². The zero-order valence-corrected chi connectivity index (χ0v) is 11.3. The van der Waals surface area contributed by atoms with Crippen LogP contribution in [-0.2, 0) is 0 Å². The summed E-state index contributed by atoms with van der Waals surface area (Å²) in [4.78, 5) is 0. The van der Waals surface area contributed by atoms with Crippen molar-refractivity contribution >= 4 is 11.6 Å². The third-order valence-electron chi connectivity index (χ3n) is 2.65. The summed E-state index contributed by atoms with van der Waals surface area (Å²) in [6, 6.07) is 3.93. The molecule has 1 unspecified atom stereocenters. The number of rotatable bonds is 4. The lowest BCUT2D eigenvalue weighted by molar-refractivity contribution is 0.354. The van der Waals surface area contributed by atoms with Gasteiger partial charge in [0.1, 0.15) is 0 Å². The van der Waals surface area contributed by atoms with Gasteiger partial charge < -0.3 is 9.47 Å². The Bertz CT molecular complexity index is 361. The van der Waals surface area contributed by atoms with Crippen molar-refractivity contribution in [3.05, 3.63) is 23.3 Å². The molecule has 1 rings (SSSR count). The SMILES string of the molecule is COc1cc(C)c(C(Cl)C(C)C)cc1OC. The molecule has 0 aromatic heterocycles. The maximum atomic E-state index is 6.37. The molecule has 0 saturated heterocycles. The average Bonchev–Trinajstić information content (AvgIpc) is 2.27. The second-order valence-corrected chi connectivity index (χ2v) is 4.68. The molecule has 0 saturated carbocycles. The molecule has 3 heteroatoms. The molecule has 1 atom stereocenters. The van der Waals surface area contributed by atoms with Gasteiger partial charge in [-0.2, -0.15) is 0 Å². The van der Waals surface area contributed by atoms with Crippen LogP contribution in [0.3, 0.4) is 0 Å². The number of hydrogen-bond acceptors (Lipinski definition) is 2. The molecule has 1 aromatic carbocycles. The molecule has 0 aliphatic heterocycles. The molecular formula is C13H19ClO2. The number of ether oxygens (including phenoxy) is 2. The first-order valence-corrected chi connectivity index (χ1v) is 5.81. The molecule has 0 amide bonds. The first-order valence-electron chi connectivity index (χ1n) is 5.37. The third-order valence-corrected chi connectivity index (χ3v) is 3.39. The van der Waals surface area contributed by atoms with Crippen LogP contribution in [0.15, 0.2) is 12.1 Å². The molecular weight excluding hydrogens is 224 g/mol. The Hall–Kier alpha value is -0.890. The van der Waals surface area contributed by atoms with Gasteiger partial charge in [0, 0.05) is 0 Å². The van der Waals surface area contributed by atoms with Crippen molar-refractivity contribution in [2.24, 2.45) is 5.92 Å². The first-order chi connectivity index (χ1) is 7.51. The monoisotopic (exact) mass is 242 g/mol. The van der Waals surface area contributed by atoms with Gasteiger partial charge in [-0.3, -0.25) is 0 Å². The third kappa shape index (κ3) is 2.62. The molecule has 0 N–H and O–H groups in total. The summed E-state index contributed by atoms with van der Waals surface area (Å²) in [7, 11) is 3.27. The fraction of sp³-hybridized carbons (Fsp3) is 0.538. The van der Waals surface area contributed by atoms with E-state index in [9.17, 15) is 0 Å². The van der Waals surface area contributed by atoms with E-state index in [0.29, 0.717) is 5.92 Å². The molecule has 0 bridgehead atoms. The van der Waals surface area contributed by atoms with Gasteiger partial charge in [0.15, 0.2) is 11.5 Å². The van der Waals surface area contributed by atoms with Crippen molar-refractivity contribution in [2.45, 2.75) is 26.1 Å². The lowest BCUT2D eigenvalue weighted by Gasteiger charge is -2.18. The van der Waals surface area contributed by atoms with Crippen molar-refractivity contribution in [3.63, 3.8) is 0 Å². The van der Waals surface area contributed by atoms with E-state index in [0.717, 1.165) is 22.6 Å². The smallest absolute Gasteiger partial charge is 0.161 e. The topological polar surface area (TPSA) is 18.5 Å². The van der Waals surface area contributed by atoms with E-state index < -0.39 is 0 Å². The van der Waals surface area contributed by atoms with Crippen molar-refractivity contribution in [1.29, 1.82) is 0 Å². The lowest BCUT2D eigenvalue weighted by atomic mass is 9.97. The zero-order valence-electron chi connectivity index (χ0n) is 10.5. The molecule has 1 aromatic rings. The van der Waals surface area contributed by atoms with Crippen LogP contribution in [0.2, 0.25) is 0 Å². The molecule has 16 heavy (non-hydrogen) atoms. The summed E-state index contributed by atoms with van der Waals surface area (Å²) in [6.07, 6.45) is 0. The van der Waals surface area contributed by atoms with Crippen LogP contribution in [-0.4, -0.2) is 14.2 Å². The molecule has 0 aliphatic carbocycles. The van der Waals surface area contributed by atoms with Crippen LogP contribution in [0.1, 0.15) is 30.4 Å². The Morgan fingerprint density at radius 2 is 1.56 bits per heavy atom. The van der Waals surface area contributed by atoms with Gasteiger partial charge in [-0.25, -0.2) is 0 Å². The number of halogens is 1. The predicted molar refractivity (Wildman–Crippen MR) is 67.7 cm³/mol. The van der Waals surface area contributed by atoms with Gasteiger partial charge in [0.2, 0.25) is 0 Å². The highest BCUT2D eigenvalue weighted by Gasteiger charge is 2.17. The van der Waals surface area contributed by atoms with Gasteiger partial charge in [0.05, 0.1) is 19.6 Å². The van der Waals surface area contributed by atoms with Crippen LogP contribution in [0, 0.1) is 12.8 Å². The Morgan fingerprint density at radius 3 is 2.00 bits per heavy atom. The molecule has 90 valence electrons. The van der Waals surface area contributed by atoms with Crippen molar-refractivity contribution in [3.8, 4) is 11.5 Å². The van der Waals surface area contributed by atoms with Gasteiger partial charge >= 0.3 is 0 Å². The second-order valence-electron chi connectivity index (χ2n) is 4.21. The molecule has 0 aliphatic rings. The summed E-state index contributed by atoms with van der Waals surface area (Å²) in [5, 5.41) is -0.000180. The number of alkyl halides is 1. The maximum absolute atomic E-state index is 6.37. The van der Waals surface area contributed by atoms with Crippen LogP contribution in [0.25, 0.3) is 0 Å². The fourth-order valence-corrected chi connectivity index (χ4v) is 1.89. The second kappa shape index (κ2) is 5.44. The van der Waals surface area contributed by atoms with Gasteiger partial charge in [-0.05, 0) is 36.1 Å². The molecule has 0 heterocycles. The van der Waals surface area contributed by atoms with Gasteiger partial charge in [-0.1, -0.05) is 13.8 Å². The van der Waals surface area contributed by atoms with E-state index in [-0.39, 0.29) is 5.38 Å². The van der Waals surface area contributed by atoms with E-state index in [1.165, 1.54) is 0 Å². The zero-order chi connectivity index (χ0) is 12.3. The van der Waals surface area contributed by atoms with Crippen LogP contribution >= 0.6 is 11.6 Å². The average molecular weight is 243 g/mol. The molecule has 0 fully saturated rings. The summed E-state index contributed by atoms with van der Waals surface area (Å²) in [5.41, 5.74) is 2.24. The number of benzene rings is 1. The normalized spacial score (nSPS) is 12.7. The van der Waals surface area contributed by atoms with Gasteiger partial charge in [-0.15, -0.1) is 11.6 Å². The first kappa shape index (κ1) is 13.2. The Kier molecular flexibility index (Phi) is 4.48. The van der Waals surface area contributed by atoms with Gasteiger partial charge in [0.25, 0.3) is 0 Å². The Labute approximate surface area is 103 Å². The summed E-state index contributed by atoms with van der Waals surface area (Å²) >= 11 is 6.37. The van der Waals surface area contributed by atoms with E-state index in [4.69, 9.17) is 21.1 Å². The standard InChI is InChI=1S/C13H19ClO2/c1-8(2)13(14)10-7-12(16-5)11(15-4)6-9(10)3/h6-8,13H,1-5H3. The minimum Gasteiger partial charge on any atom is -0.493 e. The summed E-state index contributed by atoms with van der Waals surface area (Å²) in [5.74, 6) is 1.87. The van der Waals surface area contributed by atoms with E-state index in [1.807, 2.05) is 19.1 Å². The quantitative estimate of drug-likeness (QED) is 0.745. The Balaban J connectivity index is 3.21. The number of hydrogen-bond donors (Lipinski definition) is 0. The number of aryl methyl sites for hydroxylation is 1. The fourth-order valence-electron chi connectivity index (χ4n) is 1.65. The molecule has 0 radical (unpaired) electrons. The van der Waals surface area contributed by atoms with Crippen LogP contribution in [0.5, 0.6) is 11.5 Å². The largest absolute Gasteiger partial charge is 0.493 e. The van der Waals surface area contributed by atoms with Crippen LogP contribution < -0.4 is 9.47 Å². The lowest BCUT2D eigenvalue weighted by Crippen LogP contribution is -2.03. The molecule has 0 spiro atoms. The summed E-state index contributed by atoms with van der Waals surface area (Å²) < 4.78 is 10.5. The maximum Gasteiger partial charge on any atom is 0.161 e. The van der Waals surface area contributed by atoms with E-state index in [2.05, 4.69) is 13.8 Å². The summed E-state index contributed by atoms with van der Waals surface area (Å²) in [6.45, 7) is 6.25. The highest BCUT2D eigenvalue weighted by molar-refractivity contribution is 6.21. The highest BCUT2D eigenvalue weighted by Crippen LogP contribution is 2.37. The van der Waals surface area contributed by atoms with Crippen LogP contribution in [0.4, 0.5) is 0 Å². The Morgan fingerprint density at radius 1 is 1.06 bits per heavy atom. The number of methoxy groups -OCH3 is 2.